The van der Waals surface area contributed by atoms with Gasteiger partial charge in [-0.3, -0.25) is 4.72 Å². The van der Waals surface area contributed by atoms with E-state index in [0.29, 0.717) is 10.6 Å². The molecule has 0 fully saturated rings. The van der Waals surface area contributed by atoms with Gasteiger partial charge in [0.1, 0.15) is 5.51 Å². The van der Waals surface area contributed by atoms with Crippen LogP contribution in [0.4, 0.5) is 5.13 Å². The van der Waals surface area contributed by atoms with Gasteiger partial charge in [0.25, 0.3) is 10.0 Å². The summed E-state index contributed by atoms with van der Waals surface area (Å²) in [7, 11) is -3.74. The molecule has 9 heteroatoms. The molecule has 6 nitrogen and oxygen atoms in total. The lowest BCUT2D eigenvalue weighted by Crippen LogP contribution is -2.13. The third-order valence-electron chi connectivity index (χ3n) is 2.08. The fourth-order valence-corrected chi connectivity index (χ4v) is 3.15. The molecular weight excluding hydrogens is 298 g/mol. The Hall–Kier alpha value is -1.22. The lowest BCUT2D eigenvalue weighted by molar-refractivity contribution is 0.281. The molecule has 0 atom stereocenters. The molecule has 18 heavy (non-hydrogen) atoms. The zero-order chi connectivity index (χ0) is 13.2. The minimum Gasteiger partial charge on any atom is -0.392 e. The van der Waals surface area contributed by atoms with Crippen LogP contribution in [0.15, 0.2) is 28.6 Å². The third kappa shape index (κ3) is 2.78. The average Bonchev–Trinajstić information content (AvgIpc) is 2.81. The van der Waals surface area contributed by atoms with Crippen molar-refractivity contribution >= 4 is 38.1 Å². The number of sulfonamides is 1. The normalized spacial score (nSPS) is 11.4. The number of hydrogen-bond acceptors (Lipinski definition) is 6. The van der Waals surface area contributed by atoms with Crippen molar-refractivity contribution in [1.82, 2.24) is 10.2 Å². The third-order valence-corrected chi connectivity index (χ3v) is 4.52. The zero-order valence-electron chi connectivity index (χ0n) is 8.87. The number of aromatic nitrogens is 2. The van der Waals surface area contributed by atoms with E-state index in [4.69, 9.17) is 16.7 Å². The van der Waals surface area contributed by atoms with Crippen molar-refractivity contribution in [1.29, 1.82) is 0 Å². The summed E-state index contributed by atoms with van der Waals surface area (Å²) in [4.78, 5) is 0.00569. The molecule has 1 aromatic carbocycles. The molecule has 2 aromatic rings. The van der Waals surface area contributed by atoms with Crippen LogP contribution in [0.5, 0.6) is 0 Å². The summed E-state index contributed by atoms with van der Waals surface area (Å²) in [6.07, 6.45) is 0. The summed E-state index contributed by atoms with van der Waals surface area (Å²) in [6, 6.07) is 4.08. The molecule has 0 amide bonds. The monoisotopic (exact) mass is 305 g/mol. The summed E-state index contributed by atoms with van der Waals surface area (Å²) >= 11 is 6.86. The van der Waals surface area contributed by atoms with Gasteiger partial charge in [-0.05, 0) is 23.8 Å². The van der Waals surface area contributed by atoms with E-state index in [-0.39, 0.29) is 16.6 Å². The number of nitrogens with one attached hydrogen (secondary N) is 1. The second-order valence-electron chi connectivity index (χ2n) is 3.26. The van der Waals surface area contributed by atoms with Crippen LogP contribution < -0.4 is 4.72 Å². The molecule has 0 saturated carbocycles. The molecule has 0 saturated heterocycles. The number of nitrogens with zero attached hydrogens (tertiary/aromatic N) is 2. The van der Waals surface area contributed by atoms with E-state index in [0.717, 1.165) is 11.3 Å². The Labute approximate surface area is 112 Å². The van der Waals surface area contributed by atoms with E-state index in [2.05, 4.69) is 14.9 Å². The molecule has 96 valence electrons. The molecule has 0 aliphatic rings. The summed E-state index contributed by atoms with van der Waals surface area (Å²) < 4.78 is 26.2. The van der Waals surface area contributed by atoms with Crippen LogP contribution >= 0.6 is 22.9 Å². The van der Waals surface area contributed by atoms with Crippen molar-refractivity contribution in [2.45, 2.75) is 11.5 Å². The summed E-state index contributed by atoms with van der Waals surface area (Å²) in [6.45, 7) is -0.332. The first-order chi connectivity index (χ1) is 8.53. The van der Waals surface area contributed by atoms with E-state index >= 15 is 0 Å². The lowest BCUT2D eigenvalue weighted by atomic mass is 10.2. The fraction of sp³-hybridized carbons (Fsp3) is 0.111. The van der Waals surface area contributed by atoms with Crippen LogP contribution in [0.2, 0.25) is 5.02 Å². The quantitative estimate of drug-likeness (QED) is 0.892. The van der Waals surface area contributed by atoms with E-state index < -0.39 is 10.0 Å². The van der Waals surface area contributed by atoms with Crippen LogP contribution in [-0.4, -0.2) is 23.7 Å². The first kappa shape index (κ1) is 13.2. The molecule has 1 aromatic heterocycles. The molecular formula is C9H8ClN3O3S2. The lowest BCUT2D eigenvalue weighted by Gasteiger charge is -2.07. The maximum atomic E-state index is 12.0. The highest BCUT2D eigenvalue weighted by Gasteiger charge is 2.17. The molecule has 2 rings (SSSR count). The first-order valence-electron chi connectivity index (χ1n) is 4.71. The number of hydrogen-bond donors (Lipinski definition) is 2. The van der Waals surface area contributed by atoms with Crippen molar-refractivity contribution in [2.24, 2.45) is 0 Å². The highest BCUT2D eigenvalue weighted by Crippen LogP contribution is 2.22. The van der Waals surface area contributed by atoms with E-state index in [1.165, 1.54) is 23.7 Å². The molecule has 1 heterocycles. The molecule has 0 radical (unpaired) electrons. The predicted octanol–water partition coefficient (Wildman–Crippen LogP) is 1.48. The van der Waals surface area contributed by atoms with Gasteiger partial charge < -0.3 is 5.11 Å². The summed E-state index contributed by atoms with van der Waals surface area (Å²) in [5.41, 5.74) is 1.76. The fourth-order valence-electron chi connectivity index (χ4n) is 1.23. The number of aliphatic hydroxyl groups excluding tert-OH is 1. The summed E-state index contributed by atoms with van der Waals surface area (Å²) in [5.74, 6) is 0. The molecule has 0 unspecified atom stereocenters. The SMILES string of the molecule is O=S(=O)(Nc1nncs1)c1ccc(Cl)c(CO)c1. The largest absolute Gasteiger partial charge is 0.392 e. The molecule has 0 aliphatic heterocycles. The maximum Gasteiger partial charge on any atom is 0.263 e. The van der Waals surface area contributed by atoms with Crippen molar-refractivity contribution in [3.63, 3.8) is 0 Å². The number of rotatable bonds is 4. The van der Waals surface area contributed by atoms with Gasteiger partial charge in [0.05, 0.1) is 11.5 Å². The second kappa shape index (κ2) is 5.19. The van der Waals surface area contributed by atoms with Gasteiger partial charge in [0, 0.05) is 5.02 Å². The van der Waals surface area contributed by atoms with E-state index in [1.54, 1.807) is 0 Å². The standard InChI is InChI=1S/C9H8ClN3O3S2/c10-8-2-1-7(3-6(8)4-14)18(15,16)13-9-12-11-5-17-9/h1-3,5,14H,4H2,(H,12,13). The summed E-state index contributed by atoms with van der Waals surface area (Å²) in [5, 5.41) is 16.7. The van der Waals surface area contributed by atoms with Crippen LogP contribution in [0.3, 0.4) is 0 Å². The smallest absolute Gasteiger partial charge is 0.263 e. The molecule has 2 N–H and O–H groups in total. The minimum atomic E-state index is -3.74. The molecule has 0 bridgehead atoms. The van der Waals surface area contributed by atoms with Crippen molar-refractivity contribution < 1.29 is 13.5 Å². The maximum absolute atomic E-state index is 12.0. The number of anilines is 1. The zero-order valence-corrected chi connectivity index (χ0v) is 11.3. The molecule has 0 spiro atoms. The van der Waals surface area contributed by atoms with Gasteiger partial charge in [0.2, 0.25) is 5.13 Å². The van der Waals surface area contributed by atoms with Gasteiger partial charge in [-0.1, -0.05) is 22.9 Å². The van der Waals surface area contributed by atoms with Crippen molar-refractivity contribution in [2.75, 3.05) is 4.72 Å². The van der Waals surface area contributed by atoms with Gasteiger partial charge >= 0.3 is 0 Å². The van der Waals surface area contributed by atoms with Gasteiger partial charge in [-0.2, -0.15) is 0 Å². The van der Waals surface area contributed by atoms with Gasteiger partial charge in [-0.15, -0.1) is 10.2 Å². The van der Waals surface area contributed by atoms with Crippen LogP contribution in [0.1, 0.15) is 5.56 Å². The topological polar surface area (TPSA) is 92.2 Å². The van der Waals surface area contributed by atoms with Crippen LogP contribution in [-0.2, 0) is 16.6 Å². The Kier molecular flexibility index (Phi) is 3.81. The highest BCUT2D eigenvalue weighted by atomic mass is 35.5. The Morgan fingerprint density at radius 2 is 2.22 bits per heavy atom. The van der Waals surface area contributed by atoms with Crippen LogP contribution in [0.25, 0.3) is 0 Å². The minimum absolute atomic E-state index is 0.00569. The Morgan fingerprint density at radius 3 is 2.83 bits per heavy atom. The van der Waals surface area contributed by atoms with Crippen molar-refractivity contribution in [3.8, 4) is 0 Å². The van der Waals surface area contributed by atoms with Crippen molar-refractivity contribution in [3.05, 3.63) is 34.3 Å². The Morgan fingerprint density at radius 1 is 1.44 bits per heavy atom. The van der Waals surface area contributed by atoms with E-state index in [1.807, 2.05) is 0 Å². The second-order valence-corrected chi connectivity index (χ2v) is 6.18. The molecule has 0 aliphatic carbocycles. The number of benzene rings is 1. The van der Waals surface area contributed by atoms with E-state index in [9.17, 15) is 8.42 Å². The van der Waals surface area contributed by atoms with Crippen LogP contribution in [0, 0.1) is 0 Å². The average molecular weight is 306 g/mol. The predicted molar refractivity (Wildman–Crippen MR) is 68.1 cm³/mol. The first-order valence-corrected chi connectivity index (χ1v) is 7.45. The number of halogens is 1. The Balaban J connectivity index is 2.35. The highest BCUT2D eigenvalue weighted by molar-refractivity contribution is 7.93. The van der Waals surface area contributed by atoms with Gasteiger partial charge in [-0.25, -0.2) is 8.42 Å². The number of aliphatic hydroxyl groups is 1. The Bertz CT molecular complexity index is 643. The van der Waals surface area contributed by atoms with Gasteiger partial charge in [0.15, 0.2) is 0 Å².